The zero-order chi connectivity index (χ0) is 15.2. The highest BCUT2D eigenvalue weighted by Gasteiger charge is 2.03. The molecule has 0 unspecified atom stereocenters. The van der Waals surface area contributed by atoms with Crippen molar-refractivity contribution in [3.8, 4) is 0 Å². The minimum atomic E-state index is -0.731. The Morgan fingerprint density at radius 3 is 2.10 bits per heavy atom. The molecule has 0 aromatic heterocycles. The Balaban J connectivity index is 3.22. The van der Waals surface area contributed by atoms with E-state index in [0.717, 1.165) is 44.9 Å². The number of hydrogen-bond donors (Lipinski definition) is 1. The van der Waals surface area contributed by atoms with Gasteiger partial charge < -0.3 is 9.84 Å². The van der Waals surface area contributed by atoms with Gasteiger partial charge in [-0.05, 0) is 31.6 Å². The second-order valence-corrected chi connectivity index (χ2v) is 5.77. The third kappa shape index (κ3) is 15.0. The molecule has 4 heteroatoms. The van der Waals surface area contributed by atoms with Crippen LogP contribution in [0, 0.1) is 5.92 Å². The number of carboxylic acid groups (broad SMARTS) is 1. The van der Waals surface area contributed by atoms with Crippen LogP contribution in [-0.4, -0.2) is 23.7 Å². The smallest absolute Gasteiger partial charge is 0.305 e. The van der Waals surface area contributed by atoms with Crippen LogP contribution in [0.4, 0.5) is 0 Å². The van der Waals surface area contributed by atoms with Gasteiger partial charge in [-0.15, -0.1) is 0 Å². The average molecular weight is 286 g/mol. The Labute approximate surface area is 122 Å². The number of hydrogen-bond acceptors (Lipinski definition) is 3. The normalized spacial score (nSPS) is 10.8. The number of esters is 1. The van der Waals surface area contributed by atoms with E-state index in [4.69, 9.17) is 9.84 Å². The van der Waals surface area contributed by atoms with Crippen LogP contribution in [0.2, 0.25) is 0 Å². The van der Waals surface area contributed by atoms with E-state index in [1.165, 1.54) is 6.42 Å². The first-order valence-electron chi connectivity index (χ1n) is 7.89. The van der Waals surface area contributed by atoms with Crippen molar-refractivity contribution in [3.05, 3.63) is 0 Å². The number of carbonyl (C=O) groups excluding carboxylic acids is 1. The summed E-state index contributed by atoms with van der Waals surface area (Å²) in [7, 11) is 0. The highest BCUT2D eigenvalue weighted by molar-refractivity contribution is 5.69. The molecule has 0 aliphatic rings. The van der Waals surface area contributed by atoms with E-state index in [9.17, 15) is 9.59 Å². The van der Waals surface area contributed by atoms with Gasteiger partial charge in [-0.3, -0.25) is 9.59 Å². The van der Waals surface area contributed by atoms with Gasteiger partial charge in [0.15, 0.2) is 0 Å². The SMILES string of the molecule is CC(C)CCCCOC(=O)CCCCCCCC(=O)O. The molecular formula is C16H30O4. The lowest BCUT2D eigenvalue weighted by molar-refractivity contribution is -0.144. The molecule has 0 radical (unpaired) electrons. The molecule has 0 saturated carbocycles. The molecule has 0 aromatic rings. The molecule has 0 fully saturated rings. The molecule has 0 aliphatic heterocycles. The van der Waals surface area contributed by atoms with E-state index in [1.807, 2.05) is 0 Å². The van der Waals surface area contributed by atoms with Gasteiger partial charge in [-0.1, -0.05) is 39.5 Å². The largest absolute Gasteiger partial charge is 0.481 e. The Bertz CT molecular complexity index is 261. The van der Waals surface area contributed by atoms with E-state index in [1.54, 1.807) is 0 Å². The van der Waals surface area contributed by atoms with E-state index < -0.39 is 5.97 Å². The standard InChI is InChI=1S/C16H30O4/c1-14(2)10-8-9-13-20-16(19)12-7-5-3-4-6-11-15(17)18/h14H,3-13H2,1-2H3,(H,17,18). The van der Waals surface area contributed by atoms with Gasteiger partial charge in [0, 0.05) is 12.8 Å². The van der Waals surface area contributed by atoms with Gasteiger partial charge >= 0.3 is 11.9 Å². The van der Waals surface area contributed by atoms with Crippen LogP contribution >= 0.6 is 0 Å². The van der Waals surface area contributed by atoms with Gasteiger partial charge in [0.1, 0.15) is 0 Å². The summed E-state index contributed by atoms with van der Waals surface area (Å²) in [5.74, 6) is -0.113. The van der Waals surface area contributed by atoms with E-state index >= 15 is 0 Å². The van der Waals surface area contributed by atoms with E-state index in [2.05, 4.69) is 13.8 Å². The summed E-state index contributed by atoms with van der Waals surface area (Å²) in [4.78, 5) is 21.7. The van der Waals surface area contributed by atoms with Crippen molar-refractivity contribution in [1.82, 2.24) is 0 Å². The summed E-state index contributed by atoms with van der Waals surface area (Å²) in [5, 5.41) is 8.48. The van der Waals surface area contributed by atoms with Crippen molar-refractivity contribution in [3.63, 3.8) is 0 Å². The molecule has 4 nitrogen and oxygen atoms in total. The fraction of sp³-hybridized carbons (Fsp3) is 0.875. The van der Waals surface area contributed by atoms with Crippen molar-refractivity contribution >= 4 is 11.9 Å². The van der Waals surface area contributed by atoms with Crippen LogP contribution in [0.5, 0.6) is 0 Å². The van der Waals surface area contributed by atoms with Crippen molar-refractivity contribution in [2.45, 2.75) is 78.1 Å². The molecule has 0 bridgehead atoms. The number of rotatable bonds is 13. The first-order chi connectivity index (χ1) is 9.52. The molecule has 118 valence electrons. The van der Waals surface area contributed by atoms with Gasteiger partial charge in [0.05, 0.1) is 6.61 Å². The third-order valence-electron chi connectivity index (χ3n) is 3.21. The Kier molecular flexibility index (Phi) is 12.3. The van der Waals surface area contributed by atoms with Crippen molar-refractivity contribution in [2.75, 3.05) is 6.61 Å². The molecule has 20 heavy (non-hydrogen) atoms. The fourth-order valence-corrected chi connectivity index (χ4v) is 1.99. The molecule has 0 rings (SSSR count). The van der Waals surface area contributed by atoms with Crippen LogP contribution in [0.15, 0.2) is 0 Å². The molecular weight excluding hydrogens is 256 g/mol. The number of ether oxygens (including phenoxy) is 1. The minimum Gasteiger partial charge on any atom is -0.481 e. The summed E-state index contributed by atoms with van der Waals surface area (Å²) in [6.07, 6.45) is 8.48. The number of unbranched alkanes of at least 4 members (excludes halogenated alkanes) is 5. The van der Waals surface area contributed by atoms with Gasteiger partial charge in [-0.25, -0.2) is 0 Å². The van der Waals surface area contributed by atoms with Crippen LogP contribution in [0.25, 0.3) is 0 Å². The topological polar surface area (TPSA) is 63.6 Å². The average Bonchev–Trinajstić information content (AvgIpc) is 2.36. The summed E-state index contributed by atoms with van der Waals surface area (Å²) >= 11 is 0. The number of aliphatic carboxylic acids is 1. The first-order valence-corrected chi connectivity index (χ1v) is 7.89. The molecule has 0 heterocycles. The van der Waals surface area contributed by atoms with Crippen molar-refractivity contribution < 1.29 is 19.4 Å². The Morgan fingerprint density at radius 1 is 0.900 bits per heavy atom. The third-order valence-corrected chi connectivity index (χ3v) is 3.21. The lowest BCUT2D eigenvalue weighted by Gasteiger charge is -2.06. The van der Waals surface area contributed by atoms with Gasteiger partial charge in [0.2, 0.25) is 0 Å². The first kappa shape index (κ1) is 18.9. The number of carbonyl (C=O) groups is 2. The molecule has 0 aliphatic carbocycles. The second-order valence-electron chi connectivity index (χ2n) is 5.77. The van der Waals surface area contributed by atoms with Gasteiger partial charge in [0.25, 0.3) is 0 Å². The lowest BCUT2D eigenvalue weighted by Crippen LogP contribution is -2.05. The molecule has 0 spiro atoms. The quantitative estimate of drug-likeness (QED) is 0.407. The predicted octanol–water partition coefficient (Wildman–Crippen LogP) is 4.17. The maximum absolute atomic E-state index is 11.4. The maximum atomic E-state index is 11.4. The molecule has 0 aromatic carbocycles. The summed E-state index contributed by atoms with van der Waals surface area (Å²) in [6, 6.07) is 0. The van der Waals surface area contributed by atoms with Crippen molar-refractivity contribution in [2.24, 2.45) is 5.92 Å². The molecule has 1 N–H and O–H groups in total. The van der Waals surface area contributed by atoms with E-state index in [-0.39, 0.29) is 12.4 Å². The highest BCUT2D eigenvalue weighted by atomic mass is 16.5. The zero-order valence-electron chi connectivity index (χ0n) is 13.0. The van der Waals surface area contributed by atoms with Crippen LogP contribution < -0.4 is 0 Å². The zero-order valence-corrected chi connectivity index (χ0v) is 13.0. The Morgan fingerprint density at radius 2 is 1.50 bits per heavy atom. The fourth-order valence-electron chi connectivity index (χ4n) is 1.99. The molecule has 0 atom stereocenters. The minimum absolute atomic E-state index is 0.0971. The number of carboxylic acids is 1. The summed E-state index contributed by atoms with van der Waals surface area (Å²) in [5.41, 5.74) is 0. The summed E-state index contributed by atoms with van der Waals surface area (Å²) < 4.78 is 5.17. The van der Waals surface area contributed by atoms with E-state index in [0.29, 0.717) is 18.9 Å². The molecule has 0 amide bonds. The van der Waals surface area contributed by atoms with Crippen molar-refractivity contribution in [1.29, 1.82) is 0 Å². The summed E-state index contributed by atoms with van der Waals surface area (Å²) in [6.45, 7) is 4.94. The highest BCUT2D eigenvalue weighted by Crippen LogP contribution is 2.09. The monoisotopic (exact) mass is 286 g/mol. The molecule has 0 saturated heterocycles. The van der Waals surface area contributed by atoms with Gasteiger partial charge in [-0.2, -0.15) is 0 Å². The second kappa shape index (κ2) is 12.9. The predicted molar refractivity (Wildman–Crippen MR) is 79.6 cm³/mol. The Hall–Kier alpha value is -1.06. The lowest BCUT2D eigenvalue weighted by atomic mass is 10.1. The van der Waals surface area contributed by atoms with Crippen LogP contribution in [-0.2, 0) is 14.3 Å². The van der Waals surface area contributed by atoms with Crippen LogP contribution in [0.1, 0.15) is 78.1 Å². The maximum Gasteiger partial charge on any atom is 0.305 e. The van der Waals surface area contributed by atoms with Crippen LogP contribution in [0.3, 0.4) is 0 Å².